The van der Waals surface area contributed by atoms with Crippen LogP contribution < -0.4 is 4.74 Å². The Kier molecular flexibility index (Phi) is 11.7. The third-order valence-corrected chi connectivity index (χ3v) is 11.6. The molecule has 2 aromatic carbocycles. The summed E-state index contributed by atoms with van der Waals surface area (Å²) in [5.41, 5.74) is 7.40. The summed E-state index contributed by atoms with van der Waals surface area (Å²) in [5.74, 6) is 3.23. The fraction of sp³-hybridized carbons (Fsp3) is 0.439. The van der Waals surface area contributed by atoms with Gasteiger partial charge in [0.1, 0.15) is 18.9 Å². The molecule has 2 saturated carbocycles. The molecule has 2 fully saturated rings. The molecule has 1 aromatic heterocycles. The third kappa shape index (κ3) is 6.86. The maximum absolute atomic E-state index is 8.00. The Balaban J connectivity index is 0.000000328. The van der Waals surface area contributed by atoms with E-state index in [0.29, 0.717) is 11.5 Å². The van der Waals surface area contributed by atoms with Gasteiger partial charge in [-0.25, -0.2) is 4.98 Å². The van der Waals surface area contributed by atoms with Gasteiger partial charge in [0.15, 0.2) is 0 Å². The predicted octanol–water partition coefficient (Wildman–Crippen LogP) is 9.81. The Hall–Kier alpha value is -4.37. The van der Waals surface area contributed by atoms with E-state index >= 15 is 0 Å². The van der Waals surface area contributed by atoms with E-state index in [1.807, 2.05) is 37.3 Å². The summed E-state index contributed by atoms with van der Waals surface area (Å²) in [4.78, 5) is 18.7. The lowest BCUT2D eigenvalue weighted by molar-refractivity contribution is -0.0980. The van der Waals surface area contributed by atoms with E-state index in [1.54, 1.807) is 18.9 Å². The van der Waals surface area contributed by atoms with Gasteiger partial charge < -0.3 is 19.0 Å². The van der Waals surface area contributed by atoms with Crippen LogP contribution >= 0.6 is 0 Å². The third-order valence-electron chi connectivity index (χ3n) is 11.6. The topological polar surface area (TPSA) is 51.7 Å². The van der Waals surface area contributed by atoms with Crippen molar-refractivity contribution in [3.8, 4) is 12.3 Å². The predicted molar refractivity (Wildman–Crippen MR) is 196 cm³/mol. The second-order valence-electron chi connectivity index (χ2n) is 13.7. The number of hydrogen-bond acceptors (Lipinski definition) is 4. The van der Waals surface area contributed by atoms with Crippen molar-refractivity contribution in [3.05, 3.63) is 109 Å². The highest BCUT2D eigenvalue weighted by Crippen LogP contribution is 2.65. The second-order valence-corrected chi connectivity index (χ2v) is 13.7. The molecule has 7 rings (SSSR count). The molecule has 6 heteroatoms. The largest absolute Gasteiger partial charge is 0.497 e. The van der Waals surface area contributed by atoms with Gasteiger partial charge in [-0.1, -0.05) is 61.4 Å². The highest BCUT2D eigenvalue weighted by molar-refractivity contribution is 5.80. The number of rotatable bonds is 4. The molecule has 0 radical (unpaired) electrons. The van der Waals surface area contributed by atoms with E-state index in [9.17, 15) is 0 Å². The fourth-order valence-corrected chi connectivity index (χ4v) is 9.00. The van der Waals surface area contributed by atoms with Crippen molar-refractivity contribution in [3.63, 3.8) is 0 Å². The van der Waals surface area contributed by atoms with E-state index in [1.165, 1.54) is 61.7 Å². The molecule has 6 unspecified atom stereocenters. The van der Waals surface area contributed by atoms with Gasteiger partial charge >= 0.3 is 6.20 Å². The quantitative estimate of drug-likeness (QED) is 0.269. The first-order valence-electron chi connectivity index (χ1n) is 16.8. The van der Waals surface area contributed by atoms with Crippen LogP contribution in [0, 0.1) is 42.1 Å². The van der Waals surface area contributed by atoms with Crippen LogP contribution in [-0.4, -0.2) is 41.4 Å². The van der Waals surface area contributed by atoms with Gasteiger partial charge in [0.2, 0.25) is 0 Å². The normalized spacial score (nSPS) is 28.6. The van der Waals surface area contributed by atoms with E-state index in [2.05, 4.69) is 98.0 Å². The van der Waals surface area contributed by atoms with E-state index in [0.717, 1.165) is 29.0 Å². The molecule has 47 heavy (non-hydrogen) atoms. The van der Waals surface area contributed by atoms with Crippen LogP contribution in [-0.2, 0) is 4.79 Å². The summed E-state index contributed by atoms with van der Waals surface area (Å²) >= 11 is 0. The number of ether oxygens (including phenoxy) is 1. The molecule has 0 saturated heterocycles. The number of allylic oxidation sites excluding steroid dienone is 3. The van der Waals surface area contributed by atoms with E-state index in [-0.39, 0.29) is 5.41 Å². The first-order valence-corrected chi connectivity index (χ1v) is 16.8. The summed E-state index contributed by atoms with van der Waals surface area (Å²) in [6.07, 6.45) is 19.8. The molecule has 0 bridgehead atoms. The van der Waals surface area contributed by atoms with Gasteiger partial charge in [0.25, 0.3) is 6.57 Å². The second kappa shape index (κ2) is 15.5. The minimum atomic E-state index is 0.236. The minimum absolute atomic E-state index is 0.236. The Labute approximate surface area is 282 Å². The van der Waals surface area contributed by atoms with Crippen molar-refractivity contribution < 1.29 is 9.53 Å². The molecule has 0 N–H and O–H groups in total. The van der Waals surface area contributed by atoms with Crippen LogP contribution in [0.3, 0.4) is 0 Å². The van der Waals surface area contributed by atoms with Gasteiger partial charge in [-0.05, 0) is 104 Å². The van der Waals surface area contributed by atoms with E-state index in [4.69, 9.17) is 21.1 Å². The Morgan fingerprint density at radius 2 is 1.70 bits per heavy atom. The van der Waals surface area contributed by atoms with Gasteiger partial charge in [-0.15, -0.1) is 13.2 Å². The average molecular weight is 634 g/mol. The lowest BCUT2D eigenvalue weighted by Gasteiger charge is -2.58. The maximum atomic E-state index is 8.00. The summed E-state index contributed by atoms with van der Waals surface area (Å²) in [7, 11) is 3.84. The van der Waals surface area contributed by atoms with Crippen molar-refractivity contribution in [2.75, 3.05) is 14.2 Å². The molecule has 0 aliphatic heterocycles. The lowest BCUT2D eigenvalue weighted by atomic mass is 9.47. The van der Waals surface area contributed by atoms with Crippen LogP contribution in [0.2, 0.25) is 0 Å². The Morgan fingerprint density at radius 1 is 1.00 bits per heavy atom. The minimum Gasteiger partial charge on any atom is -0.497 e. The van der Waals surface area contributed by atoms with Crippen molar-refractivity contribution in [1.29, 1.82) is 0 Å². The summed E-state index contributed by atoms with van der Waals surface area (Å²) in [5, 5.41) is 0. The number of carbonyl (C=O) groups is 1. The number of hydrogen-bond donors (Lipinski definition) is 0. The monoisotopic (exact) mass is 633 g/mol. The van der Waals surface area contributed by atoms with Crippen molar-refractivity contribution >= 4 is 23.5 Å². The van der Waals surface area contributed by atoms with Crippen LogP contribution in [0.25, 0.3) is 21.6 Å². The van der Waals surface area contributed by atoms with Crippen LogP contribution in [0.15, 0.2) is 98.1 Å². The van der Waals surface area contributed by atoms with Gasteiger partial charge in [0, 0.05) is 24.2 Å². The number of methoxy groups -OCH3 is 1. The lowest BCUT2D eigenvalue weighted by Crippen LogP contribution is -2.51. The summed E-state index contributed by atoms with van der Waals surface area (Å²) < 4.78 is 7.36. The zero-order valence-electron chi connectivity index (χ0n) is 29.1. The number of benzene rings is 2. The smallest absolute Gasteiger partial charge is 0.320 e. The first-order chi connectivity index (χ1) is 22.8. The van der Waals surface area contributed by atoms with Crippen LogP contribution in [0.1, 0.15) is 64.4 Å². The Bertz CT molecular complexity index is 1630. The molecule has 4 aliphatic carbocycles. The van der Waals surface area contributed by atoms with Gasteiger partial charge in [0.05, 0.1) is 24.3 Å². The van der Waals surface area contributed by atoms with Crippen LogP contribution in [0.5, 0.6) is 5.75 Å². The van der Waals surface area contributed by atoms with Crippen molar-refractivity contribution in [1.82, 2.24) is 14.5 Å². The number of imidazole rings is 1. The van der Waals surface area contributed by atoms with Gasteiger partial charge in [-0.3, -0.25) is 0 Å². The Morgan fingerprint density at radius 3 is 2.40 bits per heavy atom. The molecule has 1 heterocycles. The van der Waals surface area contributed by atoms with Crippen LogP contribution in [0.4, 0.5) is 0 Å². The summed E-state index contributed by atoms with van der Waals surface area (Å²) in [6.45, 7) is 20.5. The molecule has 0 spiro atoms. The molecular formula is C41H53N4O2+. The fourth-order valence-electron chi connectivity index (χ4n) is 9.00. The molecule has 0 amide bonds. The molecule has 248 valence electrons. The molecule has 4 aliphatic rings. The maximum Gasteiger partial charge on any atom is 0.320 e. The highest BCUT2D eigenvalue weighted by Gasteiger charge is 2.57. The van der Waals surface area contributed by atoms with Gasteiger partial charge in [-0.2, -0.15) is 0 Å². The highest BCUT2D eigenvalue weighted by atomic mass is 16.5. The molecule has 3 aromatic rings. The molecular weight excluding hydrogens is 580 g/mol. The van der Waals surface area contributed by atoms with Crippen molar-refractivity contribution in [2.24, 2.45) is 28.6 Å². The molecule has 6 nitrogen and oxygen atoms in total. The van der Waals surface area contributed by atoms with E-state index < -0.39 is 0 Å². The standard InChI is InChI=1S/C30H37N4.C8H10O.C2H4.CH2O/c1-29-15-13-22(33(4)18-17-31-3)19-21(29)9-10-23-24-11-12-28(30(24,2)16-14-25(23)29)34-20-32-26-7-5-6-8-27(26)34;1-7-3-5-8(9-2)6-4-7;2*1-2/h3,5-9,12,17-18,20,22-25H,10-11,13-16,19H2,1-2,4H3;3-6H,1-2H3;1-2H2;1H2/q+1;;;/b18-17-;;;. The number of aromatic nitrogens is 2. The summed E-state index contributed by atoms with van der Waals surface area (Å²) in [6, 6.07) is 17.1. The SMILES string of the molecule is C#[N+]/C=C\N(C)C1CCC2(C)C(=CCC3C2CCC2(C)C(n4cnc5ccccc54)=CCC32)C1.C=C.C=O.COc1ccc(C)cc1. The van der Waals surface area contributed by atoms with Crippen molar-refractivity contribution in [2.45, 2.75) is 71.8 Å². The number of nitrogens with zero attached hydrogens (tertiary/aromatic N) is 4. The number of aryl methyl sites for hydroxylation is 1. The zero-order valence-corrected chi connectivity index (χ0v) is 29.1. The zero-order chi connectivity index (χ0) is 34.2. The number of carbonyl (C=O) groups excluding carboxylic acids is 1. The number of para-hydroxylation sites is 2. The number of fused-ring (bicyclic) bond motifs is 6. The molecule has 6 atom stereocenters. The average Bonchev–Trinajstić information content (AvgIpc) is 3.69. The first kappa shape index (κ1) is 35.5.